The van der Waals surface area contributed by atoms with E-state index in [0.29, 0.717) is 0 Å². The van der Waals surface area contributed by atoms with E-state index in [1.807, 2.05) is 0 Å². The molecule has 0 aliphatic heterocycles. The summed E-state index contributed by atoms with van der Waals surface area (Å²) < 4.78 is 60.5. The Morgan fingerprint density at radius 3 is 2.06 bits per heavy atom. The van der Waals surface area contributed by atoms with Crippen molar-refractivity contribution in [2.24, 2.45) is 0 Å². The monoisotopic (exact) mass is 326 g/mol. The molecule has 96 valence electrons. The van der Waals surface area contributed by atoms with Gasteiger partial charge in [-0.2, -0.15) is 13.2 Å². The highest BCUT2D eigenvalue weighted by Crippen LogP contribution is 2.44. The molecular weight excluding hydrogens is 324 g/mol. The third-order valence-electron chi connectivity index (χ3n) is 1.88. The first kappa shape index (κ1) is 14.9. The van der Waals surface area contributed by atoms with Gasteiger partial charge in [-0.1, -0.05) is 23.2 Å². The molecule has 0 aliphatic carbocycles. The van der Waals surface area contributed by atoms with Crippen LogP contribution in [-0.4, -0.2) is 8.42 Å². The number of benzene rings is 1. The molecule has 0 bridgehead atoms. The van der Waals surface area contributed by atoms with Crippen molar-refractivity contribution in [2.45, 2.75) is 18.0 Å². The normalized spacial score (nSPS) is 12.9. The number of rotatable bonds is 1. The Morgan fingerprint density at radius 1 is 1.24 bits per heavy atom. The van der Waals surface area contributed by atoms with Crippen molar-refractivity contribution in [2.75, 3.05) is 0 Å². The van der Waals surface area contributed by atoms with Gasteiger partial charge in [-0.15, -0.1) is 0 Å². The molecule has 1 aromatic rings. The molecule has 0 aromatic heterocycles. The SMILES string of the molecule is Cc1cc(Cl)c(Cl)c(C(F)(F)F)c1S(=O)(=O)Cl. The highest BCUT2D eigenvalue weighted by molar-refractivity contribution is 8.13. The molecule has 0 spiro atoms. The second-order valence-corrected chi connectivity index (χ2v) is 6.42. The lowest BCUT2D eigenvalue weighted by molar-refractivity contribution is -0.139. The van der Waals surface area contributed by atoms with Gasteiger partial charge in [0.1, 0.15) is 0 Å². The third kappa shape index (κ3) is 2.99. The Labute approximate surface area is 110 Å². The van der Waals surface area contributed by atoms with Crippen molar-refractivity contribution in [1.82, 2.24) is 0 Å². The van der Waals surface area contributed by atoms with Crippen LogP contribution < -0.4 is 0 Å². The summed E-state index contributed by atoms with van der Waals surface area (Å²) >= 11 is 10.9. The Hall–Kier alpha value is -0.170. The minimum atomic E-state index is -4.97. The quantitative estimate of drug-likeness (QED) is 0.723. The fourth-order valence-electron chi connectivity index (χ4n) is 1.30. The van der Waals surface area contributed by atoms with Gasteiger partial charge in [0.05, 0.1) is 20.5 Å². The van der Waals surface area contributed by atoms with Crippen LogP contribution in [0.15, 0.2) is 11.0 Å². The van der Waals surface area contributed by atoms with Gasteiger partial charge < -0.3 is 0 Å². The molecule has 0 fully saturated rings. The first-order chi connectivity index (χ1) is 7.46. The molecule has 1 rings (SSSR count). The molecule has 2 nitrogen and oxygen atoms in total. The minimum absolute atomic E-state index is 0.221. The standard InChI is InChI=1S/C8H4Cl3F3O2S/c1-3-2-4(9)6(10)5(8(12,13)14)7(3)17(11,15)16/h2H,1H3. The van der Waals surface area contributed by atoms with Crippen LogP contribution in [0.2, 0.25) is 10.0 Å². The number of hydrogen-bond acceptors (Lipinski definition) is 2. The lowest BCUT2D eigenvalue weighted by atomic mass is 10.1. The van der Waals surface area contributed by atoms with Crippen molar-refractivity contribution in [1.29, 1.82) is 0 Å². The number of aryl methyl sites for hydroxylation is 1. The molecule has 1 aromatic carbocycles. The molecule has 0 atom stereocenters. The number of halogens is 6. The summed E-state index contributed by atoms with van der Waals surface area (Å²) in [6.45, 7) is 1.15. The molecule has 17 heavy (non-hydrogen) atoms. The predicted octanol–water partition coefficient (Wildman–Crippen LogP) is 4.25. The minimum Gasteiger partial charge on any atom is -0.207 e. The average molecular weight is 328 g/mol. The fourth-order valence-corrected chi connectivity index (χ4v) is 3.37. The van der Waals surface area contributed by atoms with Gasteiger partial charge in [0, 0.05) is 10.7 Å². The molecule has 0 unspecified atom stereocenters. The molecule has 0 radical (unpaired) electrons. The van der Waals surface area contributed by atoms with Gasteiger partial charge >= 0.3 is 6.18 Å². The lowest BCUT2D eigenvalue weighted by Crippen LogP contribution is -2.13. The van der Waals surface area contributed by atoms with Crippen molar-refractivity contribution in [3.63, 3.8) is 0 Å². The van der Waals surface area contributed by atoms with Gasteiger partial charge in [-0.25, -0.2) is 8.42 Å². The largest absolute Gasteiger partial charge is 0.419 e. The smallest absolute Gasteiger partial charge is 0.207 e. The molecule has 0 saturated carbocycles. The summed E-state index contributed by atoms with van der Waals surface area (Å²) in [4.78, 5) is -1.07. The fraction of sp³-hybridized carbons (Fsp3) is 0.250. The summed E-state index contributed by atoms with van der Waals surface area (Å²) in [7, 11) is 0.392. The third-order valence-corrected chi connectivity index (χ3v) is 4.15. The topological polar surface area (TPSA) is 34.1 Å². The highest BCUT2D eigenvalue weighted by atomic mass is 35.7. The second kappa shape index (κ2) is 4.50. The van der Waals surface area contributed by atoms with E-state index < -0.39 is 30.7 Å². The molecule has 0 N–H and O–H groups in total. The van der Waals surface area contributed by atoms with E-state index in [1.165, 1.54) is 0 Å². The maximum atomic E-state index is 12.7. The van der Waals surface area contributed by atoms with E-state index >= 15 is 0 Å². The first-order valence-electron chi connectivity index (χ1n) is 3.96. The van der Waals surface area contributed by atoms with Crippen LogP contribution >= 0.6 is 33.9 Å². The van der Waals surface area contributed by atoms with Gasteiger partial charge in [-0.05, 0) is 18.6 Å². The summed E-state index contributed by atoms with van der Waals surface area (Å²) in [5.41, 5.74) is -1.76. The van der Waals surface area contributed by atoms with Gasteiger partial charge in [0.25, 0.3) is 9.05 Å². The van der Waals surface area contributed by atoms with Gasteiger partial charge in [0.2, 0.25) is 0 Å². The summed E-state index contributed by atoms with van der Waals surface area (Å²) in [6, 6.07) is 1.01. The van der Waals surface area contributed by atoms with E-state index in [0.717, 1.165) is 13.0 Å². The van der Waals surface area contributed by atoms with E-state index in [4.69, 9.17) is 33.9 Å². The van der Waals surface area contributed by atoms with Crippen LogP contribution in [0.5, 0.6) is 0 Å². The van der Waals surface area contributed by atoms with Crippen LogP contribution in [0.1, 0.15) is 11.1 Å². The molecule has 0 saturated heterocycles. The van der Waals surface area contributed by atoms with Crippen LogP contribution in [0.3, 0.4) is 0 Å². The summed E-state index contributed by atoms with van der Waals surface area (Å²) in [6.07, 6.45) is -4.97. The average Bonchev–Trinajstić information content (AvgIpc) is 2.06. The maximum absolute atomic E-state index is 12.7. The maximum Gasteiger partial charge on any atom is 0.419 e. The lowest BCUT2D eigenvalue weighted by Gasteiger charge is -2.15. The molecule has 0 aliphatic rings. The van der Waals surface area contributed by atoms with E-state index in [-0.39, 0.29) is 10.6 Å². The molecule has 0 amide bonds. The zero-order valence-electron chi connectivity index (χ0n) is 8.07. The summed E-state index contributed by atoms with van der Waals surface area (Å²) in [5, 5.41) is -1.27. The predicted molar refractivity (Wildman–Crippen MR) is 59.2 cm³/mol. The van der Waals surface area contributed by atoms with Crippen molar-refractivity contribution < 1.29 is 21.6 Å². The van der Waals surface area contributed by atoms with Gasteiger partial charge in [-0.3, -0.25) is 0 Å². The zero-order chi connectivity index (χ0) is 13.6. The Balaban J connectivity index is 3.89. The van der Waals surface area contributed by atoms with E-state index in [2.05, 4.69) is 0 Å². The molecular formula is C8H4Cl3F3O2S. The van der Waals surface area contributed by atoms with Crippen LogP contribution in [0.4, 0.5) is 13.2 Å². The number of hydrogen-bond donors (Lipinski definition) is 0. The Bertz CT molecular complexity index is 566. The van der Waals surface area contributed by atoms with Crippen LogP contribution in [0.25, 0.3) is 0 Å². The van der Waals surface area contributed by atoms with Crippen molar-refractivity contribution >= 4 is 42.9 Å². The van der Waals surface area contributed by atoms with Gasteiger partial charge in [0.15, 0.2) is 0 Å². The van der Waals surface area contributed by atoms with Crippen molar-refractivity contribution in [3.8, 4) is 0 Å². The first-order valence-corrected chi connectivity index (χ1v) is 7.03. The van der Waals surface area contributed by atoms with Crippen LogP contribution in [-0.2, 0) is 15.2 Å². The molecule has 0 heterocycles. The van der Waals surface area contributed by atoms with E-state index in [9.17, 15) is 21.6 Å². The Morgan fingerprint density at radius 2 is 1.71 bits per heavy atom. The summed E-state index contributed by atoms with van der Waals surface area (Å²) in [5.74, 6) is 0. The zero-order valence-corrected chi connectivity index (χ0v) is 11.2. The number of alkyl halides is 3. The second-order valence-electron chi connectivity index (χ2n) is 3.13. The van der Waals surface area contributed by atoms with E-state index in [1.54, 1.807) is 0 Å². The highest BCUT2D eigenvalue weighted by Gasteiger charge is 2.41. The van der Waals surface area contributed by atoms with Crippen LogP contribution in [0, 0.1) is 6.92 Å². The Kier molecular flexibility index (Phi) is 3.94. The molecule has 9 heteroatoms. The van der Waals surface area contributed by atoms with Crippen molar-refractivity contribution in [3.05, 3.63) is 27.2 Å².